The van der Waals surface area contributed by atoms with Crippen LogP contribution in [0, 0.1) is 12.1 Å². The molecule has 0 saturated heterocycles. The topological polar surface area (TPSA) is 37.3 Å². The van der Waals surface area contributed by atoms with E-state index in [-0.39, 0.29) is 6.42 Å². The Bertz CT molecular complexity index is 183. The van der Waals surface area contributed by atoms with Gasteiger partial charge in [-0.05, 0) is 18.8 Å². The SMILES string of the molecule is O=C(O)CCCC(Cl)C#CF. The van der Waals surface area contributed by atoms with Gasteiger partial charge in [-0.2, -0.15) is 0 Å². The maximum Gasteiger partial charge on any atom is 0.303 e. The highest BCUT2D eigenvalue weighted by atomic mass is 35.5. The highest BCUT2D eigenvalue weighted by Crippen LogP contribution is 2.06. The standard InChI is InChI=1S/C7H8ClFO2/c8-6(4-5-9)2-1-3-7(10)11/h6H,1-3H2,(H,10,11). The first-order chi connectivity index (χ1) is 5.16. The Morgan fingerprint density at radius 1 is 1.73 bits per heavy atom. The second kappa shape index (κ2) is 5.99. The molecule has 0 bridgehead atoms. The van der Waals surface area contributed by atoms with Crippen LogP contribution in [-0.2, 0) is 4.79 Å². The summed E-state index contributed by atoms with van der Waals surface area (Å²) in [7, 11) is 0. The van der Waals surface area contributed by atoms with Crippen molar-refractivity contribution in [2.75, 3.05) is 0 Å². The maximum atomic E-state index is 11.3. The highest BCUT2D eigenvalue weighted by molar-refractivity contribution is 6.22. The molecule has 1 N–H and O–H groups in total. The van der Waals surface area contributed by atoms with Crippen molar-refractivity contribution in [2.24, 2.45) is 0 Å². The van der Waals surface area contributed by atoms with Gasteiger partial charge in [-0.25, -0.2) is 0 Å². The Kier molecular flexibility index (Phi) is 5.58. The van der Waals surface area contributed by atoms with Crippen LogP contribution in [0.2, 0.25) is 0 Å². The Balaban J connectivity index is 3.36. The van der Waals surface area contributed by atoms with Crippen molar-refractivity contribution in [1.29, 1.82) is 0 Å². The largest absolute Gasteiger partial charge is 0.481 e. The number of alkyl halides is 1. The zero-order chi connectivity index (χ0) is 8.69. The fourth-order valence-electron chi connectivity index (χ4n) is 0.564. The van der Waals surface area contributed by atoms with Gasteiger partial charge in [0.2, 0.25) is 0 Å². The molecule has 0 spiro atoms. The van der Waals surface area contributed by atoms with Crippen molar-refractivity contribution >= 4 is 17.6 Å². The molecule has 0 aliphatic rings. The van der Waals surface area contributed by atoms with Crippen molar-refractivity contribution in [1.82, 2.24) is 0 Å². The van der Waals surface area contributed by atoms with E-state index in [2.05, 4.69) is 5.92 Å². The second-order valence-corrected chi connectivity index (χ2v) is 2.52. The minimum Gasteiger partial charge on any atom is -0.481 e. The van der Waals surface area contributed by atoms with Gasteiger partial charge in [0.1, 0.15) is 6.17 Å². The van der Waals surface area contributed by atoms with E-state index in [9.17, 15) is 9.18 Å². The van der Waals surface area contributed by atoms with Crippen LogP contribution in [0.3, 0.4) is 0 Å². The van der Waals surface area contributed by atoms with Crippen molar-refractivity contribution in [3.63, 3.8) is 0 Å². The molecular formula is C7H8ClFO2. The molecule has 0 aromatic carbocycles. The van der Waals surface area contributed by atoms with E-state index in [1.165, 1.54) is 6.17 Å². The minimum atomic E-state index is -0.873. The third kappa shape index (κ3) is 7.14. The molecule has 1 atom stereocenters. The van der Waals surface area contributed by atoms with Crippen LogP contribution in [0.15, 0.2) is 0 Å². The normalized spacial score (nSPS) is 11.5. The van der Waals surface area contributed by atoms with Crippen molar-refractivity contribution in [2.45, 2.75) is 24.6 Å². The Morgan fingerprint density at radius 2 is 2.36 bits per heavy atom. The monoisotopic (exact) mass is 178 g/mol. The molecule has 0 aliphatic heterocycles. The quantitative estimate of drug-likeness (QED) is 0.526. The molecule has 0 fully saturated rings. The summed E-state index contributed by atoms with van der Waals surface area (Å²) >= 11 is 5.46. The van der Waals surface area contributed by atoms with Gasteiger partial charge in [0.05, 0.1) is 5.38 Å². The highest BCUT2D eigenvalue weighted by Gasteiger charge is 2.02. The predicted octanol–water partition coefficient (Wildman–Crippen LogP) is 1.78. The summed E-state index contributed by atoms with van der Waals surface area (Å²) in [6.45, 7) is 0. The van der Waals surface area contributed by atoms with Crippen LogP contribution < -0.4 is 0 Å². The molecule has 0 aromatic rings. The zero-order valence-electron chi connectivity index (χ0n) is 5.81. The smallest absolute Gasteiger partial charge is 0.303 e. The van der Waals surface area contributed by atoms with Gasteiger partial charge >= 0.3 is 5.97 Å². The van der Waals surface area contributed by atoms with Gasteiger partial charge in [-0.3, -0.25) is 4.79 Å². The summed E-state index contributed by atoms with van der Waals surface area (Å²) < 4.78 is 11.3. The lowest BCUT2D eigenvalue weighted by atomic mass is 10.2. The molecule has 0 radical (unpaired) electrons. The molecule has 1 unspecified atom stereocenters. The lowest BCUT2D eigenvalue weighted by molar-refractivity contribution is -0.137. The summed E-state index contributed by atoms with van der Waals surface area (Å²) in [6.07, 6.45) is 2.07. The van der Waals surface area contributed by atoms with Crippen LogP contribution in [0.1, 0.15) is 19.3 Å². The van der Waals surface area contributed by atoms with Gasteiger partial charge in [-0.15, -0.1) is 16.0 Å². The van der Waals surface area contributed by atoms with Crippen LogP contribution in [0.4, 0.5) is 4.39 Å². The van der Waals surface area contributed by atoms with Crippen LogP contribution in [-0.4, -0.2) is 16.5 Å². The summed E-state index contributed by atoms with van der Waals surface area (Å²) in [5, 5.41) is 7.63. The number of halogens is 2. The van der Waals surface area contributed by atoms with Crippen LogP contribution >= 0.6 is 11.6 Å². The zero-order valence-corrected chi connectivity index (χ0v) is 6.57. The molecule has 62 valence electrons. The molecule has 0 aromatic heterocycles. The molecule has 11 heavy (non-hydrogen) atoms. The molecule has 0 heterocycles. The predicted molar refractivity (Wildman–Crippen MR) is 40.0 cm³/mol. The fourth-order valence-corrected chi connectivity index (χ4v) is 0.759. The van der Waals surface area contributed by atoms with E-state index in [1.807, 2.05) is 0 Å². The van der Waals surface area contributed by atoms with E-state index in [4.69, 9.17) is 16.7 Å². The average Bonchev–Trinajstić information content (AvgIpc) is 1.87. The fraction of sp³-hybridized carbons (Fsp3) is 0.571. The molecule has 2 nitrogen and oxygen atoms in total. The molecule has 0 rings (SSSR count). The summed E-state index contributed by atoms with van der Waals surface area (Å²) in [5.74, 6) is 1.20. The number of carboxylic acid groups (broad SMARTS) is 1. The van der Waals surface area contributed by atoms with Crippen molar-refractivity contribution in [3.8, 4) is 12.1 Å². The van der Waals surface area contributed by atoms with Crippen molar-refractivity contribution < 1.29 is 14.3 Å². The lowest BCUT2D eigenvalue weighted by Crippen LogP contribution is -1.98. The summed E-state index contributed by atoms with van der Waals surface area (Å²) in [5.41, 5.74) is 0. The van der Waals surface area contributed by atoms with Gasteiger partial charge in [0.15, 0.2) is 0 Å². The molecule has 0 aliphatic carbocycles. The van der Waals surface area contributed by atoms with Crippen LogP contribution in [0.5, 0.6) is 0 Å². The van der Waals surface area contributed by atoms with E-state index in [0.29, 0.717) is 12.8 Å². The number of carboxylic acids is 1. The summed E-state index contributed by atoms with van der Waals surface area (Å²) in [6, 6.07) is 0. The molecule has 0 amide bonds. The average molecular weight is 179 g/mol. The van der Waals surface area contributed by atoms with Gasteiger partial charge in [0.25, 0.3) is 0 Å². The van der Waals surface area contributed by atoms with E-state index in [0.717, 1.165) is 0 Å². The number of hydrogen-bond acceptors (Lipinski definition) is 1. The van der Waals surface area contributed by atoms with E-state index < -0.39 is 11.3 Å². The molecular weight excluding hydrogens is 171 g/mol. The number of hydrogen-bond donors (Lipinski definition) is 1. The molecule has 4 heteroatoms. The first-order valence-electron chi connectivity index (χ1n) is 3.14. The maximum absolute atomic E-state index is 11.3. The first-order valence-corrected chi connectivity index (χ1v) is 3.57. The van der Waals surface area contributed by atoms with Gasteiger partial charge < -0.3 is 5.11 Å². The summed E-state index contributed by atoms with van der Waals surface area (Å²) in [4.78, 5) is 9.99. The first kappa shape index (κ1) is 10.2. The Hall–Kier alpha value is -0.750. The number of rotatable bonds is 4. The third-order valence-corrected chi connectivity index (χ3v) is 1.39. The van der Waals surface area contributed by atoms with Crippen molar-refractivity contribution in [3.05, 3.63) is 0 Å². The third-order valence-electron chi connectivity index (χ3n) is 1.06. The van der Waals surface area contributed by atoms with E-state index >= 15 is 0 Å². The molecule has 0 saturated carbocycles. The number of aliphatic carboxylic acids is 1. The lowest BCUT2D eigenvalue weighted by Gasteiger charge is -1.97. The number of carbonyl (C=O) groups is 1. The van der Waals surface area contributed by atoms with Gasteiger partial charge in [0, 0.05) is 6.42 Å². The minimum absolute atomic E-state index is 0.0528. The van der Waals surface area contributed by atoms with Crippen LogP contribution in [0.25, 0.3) is 0 Å². The Labute approximate surface area is 69.4 Å². The second-order valence-electron chi connectivity index (χ2n) is 1.99. The Morgan fingerprint density at radius 3 is 2.82 bits per heavy atom. The van der Waals surface area contributed by atoms with E-state index in [1.54, 1.807) is 0 Å². The van der Waals surface area contributed by atoms with Gasteiger partial charge in [-0.1, -0.05) is 0 Å².